The SMILES string of the molecule is CNc1cncc(NC2(CO)CCCC(C)C2)c1. The van der Waals surface area contributed by atoms with Crippen LogP contribution in [0, 0.1) is 5.92 Å². The van der Waals surface area contributed by atoms with Crippen molar-refractivity contribution < 1.29 is 5.11 Å². The Morgan fingerprint density at radius 2 is 2.22 bits per heavy atom. The lowest BCUT2D eigenvalue weighted by molar-refractivity contribution is 0.149. The maximum atomic E-state index is 9.75. The number of hydrogen-bond donors (Lipinski definition) is 3. The van der Waals surface area contributed by atoms with E-state index in [1.54, 1.807) is 6.20 Å². The maximum absolute atomic E-state index is 9.75. The number of aliphatic hydroxyl groups is 1. The number of anilines is 2. The highest BCUT2D eigenvalue weighted by atomic mass is 16.3. The van der Waals surface area contributed by atoms with E-state index in [1.165, 1.54) is 12.8 Å². The number of rotatable bonds is 4. The van der Waals surface area contributed by atoms with E-state index in [-0.39, 0.29) is 12.1 Å². The highest BCUT2D eigenvalue weighted by Gasteiger charge is 2.34. The van der Waals surface area contributed by atoms with Crippen LogP contribution >= 0.6 is 0 Å². The van der Waals surface area contributed by atoms with Gasteiger partial charge in [0.25, 0.3) is 0 Å². The Balaban J connectivity index is 2.13. The second-order valence-electron chi connectivity index (χ2n) is 5.48. The first-order chi connectivity index (χ1) is 8.67. The molecule has 2 atom stereocenters. The molecule has 0 bridgehead atoms. The van der Waals surface area contributed by atoms with E-state index in [4.69, 9.17) is 0 Å². The maximum Gasteiger partial charge on any atom is 0.0661 e. The Kier molecular flexibility index (Phi) is 4.07. The van der Waals surface area contributed by atoms with Gasteiger partial charge in [-0.1, -0.05) is 19.8 Å². The van der Waals surface area contributed by atoms with Gasteiger partial charge < -0.3 is 15.7 Å². The molecule has 1 fully saturated rings. The van der Waals surface area contributed by atoms with Gasteiger partial charge in [0.2, 0.25) is 0 Å². The summed E-state index contributed by atoms with van der Waals surface area (Å²) in [6, 6.07) is 2.03. The lowest BCUT2D eigenvalue weighted by Gasteiger charge is -2.40. The molecule has 1 aliphatic rings. The van der Waals surface area contributed by atoms with Crippen LogP contribution in [0.1, 0.15) is 32.6 Å². The smallest absolute Gasteiger partial charge is 0.0661 e. The predicted molar refractivity (Wildman–Crippen MR) is 74.9 cm³/mol. The van der Waals surface area contributed by atoms with Gasteiger partial charge in [-0.2, -0.15) is 0 Å². The predicted octanol–water partition coefficient (Wildman–Crippen LogP) is 2.48. The van der Waals surface area contributed by atoms with Crippen molar-refractivity contribution in [2.45, 2.75) is 38.1 Å². The molecule has 18 heavy (non-hydrogen) atoms. The van der Waals surface area contributed by atoms with Crippen molar-refractivity contribution in [1.82, 2.24) is 4.98 Å². The number of aromatic nitrogens is 1. The van der Waals surface area contributed by atoms with Gasteiger partial charge in [-0.25, -0.2) is 0 Å². The average Bonchev–Trinajstić information content (AvgIpc) is 2.39. The molecule has 0 amide bonds. The van der Waals surface area contributed by atoms with Crippen molar-refractivity contribution >= 4 is 11.4 Å². The molecule has 4 heteroatoms. The summed E-state index contributed by atoms with van der Waals surface area (Å²) in [6.45, 7) is 2.44. The summed E-state index contributed by atoms with van der Waals surface area (Å²) in [5.41, 5.74) is 1.79. The summed E-state index contributed by atoms with van der Waals surface area (Å²) in [6.07, 6.45) is 8.09. The standard InChI is InChI=1S/C14H23N3O/c1-11-4-3-5-14(7-11,10-18)17-13-6-12(15-2)8-16-9-13/h6,8-9,11,15,17-18H,3-5,7,10H2,1-2H3. The zero-order chi connectivity index (χ0) is 13.0. The minimum Gasteiger partial charge on any atom is -0.394 e. The fourth-order valence-electron chi connectivity index (χ4n) is 2.91. The lowest BCUT2D eigenvalue weighted by Crippen LogP contribution is -2.45. The minimum absolute atomic E-state index is 0.175. The fraction of sp³-hybridized carbons (Fsp3) is 0.643. The number of nitrogens with one attached hydrogen (secondary N) is 2. The Labute approximate surface area is 109 Å². The van der Waals surface area contributed by atoms with Crippen LogP contribution < -0.4 is 10.6 Å². The molecule has 0 saturated heterocycles. The molecule has 3 N–H and O–H groups in total. The second-order valence-corrected chi connectivity index (χ2v) is 5.48. The summed E-state index contributed by atoms with van der Waals surface area (Å²) in [5, 5.41) is 16.3. The van der Waals surface area contributed by atoms with Crippen molar-refractivity contribution in [1.29, 1.82) is 0 Å². The van der Waals surface area contributed by atoms with Gasteiger partial charge in [-0.15, -0.1) is 0 Å². The van der Waals surface area contributed by atoms with Gasteiger partial charge in [-0.3, -0.25) is 4.98 Å². The molecule has 1 heterocycles. The molecule has 2 unspecified atom stereocenters. The van der Waals surface area contributed by atoms with Gasteiger partial charge in [0.05, 0.1) is 35.9 Å². The lowest BCUT2D eigenvalue weighted by atomic mass is 9.76. The van der Waals surface area contributed by atoms with Gasteiger partial charge in [0, 0.05) is 7.05 Å². The summed E-state index contributed by atoms with van der Waals surface area (Å²) in [7, 11) is 1.88. The molecule has 0 aromatic carbocycles. The van der Waals surface area contributed by atoms with E-state index in [1.807, 2.05) is 19.3 Å². The van der Waals surface area contributed by atoms with Crippen molar-refractivity contribution in [2.75, 3.05) is 24.3 Å². The number of pyridine rings is 1. The molecular formula is C14H23N3O. The minimum atomic E-state index is -0.175. The molecule has 1 aromatic heterocycles. The molecule has 1 saturated carbocycles. The number of hydrogen-bond acceptors (Lipinski definition) is 4. The first-order valence-corrected chi connectivity index (χ1v) is 6.69. The molecule has 0 aliphatic heterocycles. The topological polar surface area (TPSA) is 57.2 Å². The molecule has 100 valence electrons. The highest BCUT2D eigenvalue weighted by Crippen LogP contribution is 2.34. The van der Waals surface area contributed by atoms with Crippen molar-refractivity contribution in [3.8, 4) is 0 Å². The molecule has 0 spiro atoms. The quantitative estimate of drug-likeness (QED) is 0.767. The van der Waals surface area contributed by atoms with Crippen molar-refractivity contribution in [2.24, 2.45) is 5.92 Å². The third-order valence-corrected chi connectivity index (χ3v) is 3.83. The Morgan fingerprint density at radius 3 is 2.89 bits per heavy atom. The Hall–Kier alpha value is -1.29. The van der Waals surface area contributed by atoms with E-state index in [2.05, 4.69) is 22.5 Å². The van der Waals surface area contributed by atoms with Gasteiger partial charge in [0.15, 0.2) is 0 Å². The normalized spacial score (nSPS) is 27.8. The van der Waals surface area contributed by atoms with Crippen LogP contribution in [0.3, 0.4) is 0 Å². The highest BCUT2D eigenvalue weighted by molar-refractivity contribution is 5.54. The Morgan fingerprint density at radius 1 is 1.44 bits per heavy atom. The molecule has 0 radical (unpaired) electrons. The van der Waals surface area contributed by atoms with E-state index in [0.29, 0.717) is 5.92 Å². The van der Waals surface area contributed by atoms with E-state index in [0.717, 1.165) is 24.2 Å². The van der Waals surface area contributed by atoms with Crippen LogP contribution in [0.25, 0.3) is 0 Å². The molecule has 4 nitrogen and oxygen atoms in total. The zero-order valence-corrected chi connectivity index (χ0v) is 11.2. The second kappa shape index (κ2) is 5.57. The largest absolute Gasteiger partial charge is 0.394 e. The molecule has 1 aromatic rings. The van der Waals surface area contributed by atoms with Crippen LogP contribution in [-0.4, -0.2) is 29.3 Å². The van der Waals surface area contributed by atoms with Crippen molar-refractivity contribution in [3.05, 3.63) is 18.5 Å². The van der Waals surface area contributed by atoms with Crippen LogP contribution in [0.4, 0.5) is 11.4 Å². The number of nitrogens with zero attached hydrogens (tertiary/aromatic N) is 1. The van der Waals surface area contributed by atoms with Gasteiger partial charge in [-0.05, 0) is 24.8 Å². The average molecular weight is 249 g/mol. The van der Waals surface area contributed by atoms with E-state index < -0.39 is 0 Å². The van der Waals surface area contributed by atoms with Crippen molar-refractivity contribution in [3.63, 3.8) is 0 Å². The third-order valence-electron chi connectivity index (χ3n) is 3.83. The van der Waals surface area contributed by atoms with Crippen LogP contribution in [-0.2, 0) is 0 Å². The Bertz CT molecular complexity index is 396. The van der Waals surface area contributed by atoms with Crippen LogP contribution in [0.15, 0.2) is 18.5 Å². The summed E-state index contributed by atoms with van der Waals surface area (Å²) >= 11 is 0. The van der Waals surface area contributed by atoms with Gasteiger partial charge in [0.1, 0.15) is 0 Å². The summed E-state index contributed by atoms with van der Waals surface area (Å²) in [4.78, 5) is 4.20. The first kappa shape index (κ1) is 13.1. The molecule has 1 aliphatic carbocycles. The zero-order valence-electron chi connectivity index (χ0n) is 11.2. The molecular weight excluding hydrogens is 226 g/mol. The van der Waals surface area contributed by atoms with E-state index >= 15 is 0 Å². The van der Waals surface area contributed by atoms with Crippen LogP contribution in [0.2, 0.25) is 0 Å². The third kappa shape index (κ3) is 2.93. The first-order valence-electron chi connectivity index (χ1n) is 6.69. The van der Waals surface area contributed by atoms with Crippen LogP contribution in [0.5, 0.6) is 0 Å². The van der Waals surface area contributed by atoms with E-state index in [9.17, 15) is 5.11 Å². The number of aliphatic hydroxyl groups excluding tert-OH is 1. The molecule has 2 rings (SSSR count). The van der Waals surface area contributed by atoms with Gasteiger partial charge >= 0.3 is 0 Å². The summed E-state index contributed by atoms with van der Waals surface area (Å²) in [5.74, 6) is 0.666. The monoisotopic (exact) mass is 249 g/mol. The fourth-order valence-corrected chi connectivity index (χ4v) is 2.91. The summed E-state index contributed by atoms with van der Waals surface area (Å²) < 4.78 is 0.